The average molecular weight is 427 g/mol. The minimum atomic E-state index is -0.407. The number of benzene rings is 4. The van der Waals surface area contributed by atoms with Crippen molar-refractivity contribution in [1.82, 2.24) is 23.6 Å². The first kappa shape index (κ1) is 16.9. The molecule has 0 saturated carbocycles. The molecule has 4 aromatic heterocycles. The maximum atomic E-state index is 13.7. The fourth-order valence-corrected chi connectivity index (χ4v) is 5.40. The van der Waals surface area contributed by atoms with Gasteiger partial charge < -0.3 is 0 Å². The second-order valence-corrected chi connectivity index (χ2v) is 8.29. The Balaban J connectivity index is 1.80. The van der Waals surface area contributed by atoms with Crippen molar-refractivity contribution in [2.24, 2.45) is 0 Å². The summed E-state index contributed by atoms with van der Waals surface area (Å²) in [6.45, 7) is 0. The largest absolute Gasteiger partial charge is 0.356 e. The molecule has 0 atom stereocenters. The molecule has 7 nitrogen and oxygen atoms in total. The Kier molecular flexibility index (Phi) is 2.82. The number of rotatable bonds is 1. The van der Waals surface area contributed by atoms with Crippen molar-refractivity contribution in [2.45, 2.75) is 0 Å². The van der Waals surface area contributed by atoms with Crippen LogP contribution in [0.25, 0.3) is 60.1 Å². The second kappa shape index (κ2) is 5.52. The summed E-state index contributed by atoms with van der Waals surface area (Å²) in [5, 5.41) is 5.78. The normalized spacial score (nSPS) is 12.5. The Morgan fingerprint density at radius 3 is 1.58 bits per heavy atom. The van der Waals surface area contributed by atoms with Gasteiger partial charge in [0.05, 0.1) is 27.8 Å². The number of fused-ring (bicyclic) bond motifs is 4. The zero-order chi connectivity index (χ0) is 21.8. The van der Waals surface area contributed by atoms with Crippen LogP contribution in [0.1, 0.15) is 0 Å². The van der Waals surface area contributed by atoms with E-state index in [0.717, 1.165) is 43.4 Å². The van der Waals surface area contributed by atoms with Gasteiger partial charge in [0.15, 0.2) is 0 Å². The van der Waals surface area contributed by atoms with E-state index in [1.807, 2.05) is 54.6 Å². The van der Waals surface area contributed by atoms with Crippen LogP contribution in [0, 0.1) is 0 Å². The zero-order valence-electron chi connectivity index (χ0n) is 17.1. The molecular formula is C26H13N5O2. The number of nitrogens with zero attached hydrogens (tertiary/aromatic N) is 5. The number of hydrogen-bond donors (Lipinski definition) is 0. The van der Waals surface area contributed by atoms with Crippen LogP contribution >= 0.6 is 0 Å². The Labute approximate surface area is 184 Å². The maximum Gasteiger partial charge on any atom is 0.356 e. The van der Waals surface area contributed by atoms with Crippen molar-refractivity contribution < 1.29 is 0 Å². The molecule has 0 radical (unpaired) electrons. The lowest BCUT2D eigenvalue weighted by molar-refractivity contribution is 0.839. The van der Waals surface area contributed by atoms with Crippen molar-refractivity contribution in [2.75, 3.05) is 0 Å². The van der Waals surface area contributed by atoms with Gasteiger partial charge in [-0.25, -0.2) is 14.2 Å². The molecule has 0 bridgehead atoms. The van der Waals surface area contributed by atoms with Crippen molar-refractivity contribution >= 4 is 54.4 Å². The standard InChI is InChI=1S/C26H13N5O2/c32-25-29(16-4-2-1-3-5-16)26(33)31-18-9-7-15-11-13-28-24-20(15)22(18)21-17(30(25)31)8-6-14-10-12-27-23(24)19(14)21/h1-13H. The Morgan fingerprint density at radius 1 is 0.545 bits per heavy atom. The maximum absolute atomic E-state index is 13.7. The van der Waals surface area contributed by atoms with E-state index in [2.05, 4.69) is 9.97 Å². The van der Waals surface area contributed by atoms with E-state index in [0.29, 0.717) is 16.7 Å². The zero-order valence-corrected chi connectivity index (χ0v) is 17.1. The fourth-order valence-electron chi connectivity index (χ4n) is 5.40. The number of aromatic nitrogens is 5. The molecule has 0 aliphatic rings. The van der Waals surface area contributed by atoms with Crippen molar-refractivity contribution in [3.05, 3.63) is 100 Å². The van der Waals surface area contributed by atoms with Gasteiger partial charge in [0, 0.05) is 33.9 Å². The van der Waals surface area contributed by atoms with Crippen LogP contribution in [0.4, 0.5) is 0 Å². The molecule has 0 unspecified atom stereocenters. The molecule has 0 aliphatic heterocycles. The summed E-state index contributed by atoms with van der Waals surface area (Å²) in [5.41, 5.74) is 2.65. The third-order valence-electron chi connectivity index (χ3n) is 6.71. The van der Waals surface area contributed by atoms with Crippen LogP contribution in [-0.2, 0) is 0 Å². The highest BCUT2D eigenvalue weighted by Gasteiger charge is 2.24. The highest BCUT2D eigenvalue weighted by atomic mass is 16.2. The fraction of sp³-hybridized carbons (Fsp3) is 0. The Bertz CT molecular complexity index is 2030. The first-order valence-corrected chi connectivity index (χ1v) is 10.6. The van der Waals surface area contributed by atoms with E-state index >= 15 is 0 Å². The molecule has 33 heavy (non-hydrogen) atoms. The lowest BCUT2D eigenvalue weighted by atomic mass is 9.93. The minimum Gasteiger partial charge on any atom is -0.254 e. The molecule has 7 heteroatoms. The van der Waals surface area contributed by atoms with Gasteiger partial charge in [0.1, 0.15) is 0 Å². The predicted molar refractivity (Wildman–Crippen MR) is 128 cm³/mol. The smallest absolute Gasteiger partial charge is 0.254 e. The SMILES string of the molecule is O=c1n(-c2ccccc2)c(=O)n2c3ccc4ccnc5c6nccc7ccc(c(c76)c3c45)n12. The molecule has 8 aromatic rings. The monoisotopic (exact) mass is 427 g/mol. The molecule has 4 heterocycles. The van der Waals surface area contributed by atoms with Crippen molar-refractivity contribution in [3.63, 3.8) is 0 Å². The summed E-state index contributed by atoms with van der Waals surface area (Å²) in [5.74, 6) is 0. The second-order valence-electron chi connectivity index (χ2n) is 8.29. The molecule has 0 amide bonds. The first-order valence-electron chi connectivity index (χ1n) is 10.6. The number of hydrogen-bond acceptors (Lipinski definition) is 4. The van der Waals surface area contributed by atoms with Crippen LogP contribution in [-0.4, -0.2) is 23.6 Å². The summed E-state index contributed by atoms with van der Waals surface area (Å²) >= 11 is 0. The van der Waals surface area contributed by atoms with E-state index in [1.165, 1.54) is 13.6 Å². The van der Waals surface area contributed by atoms with Crippen LogP contribution in [0.3, 0.4) is 0 Å². The molecule has 0 fully saturated rings. The van der Waals surface area contributed by atoms with Gasteiger partial charge in [-0.15, -0.1) is 0 Å². The molecule has 0 saturated heterocycles. The van der Waals surface area contributed by atoms with E-state index in [1.54, 1.807) is 24.5 Å². The third-order valence-corrected chi connectivity index (χ3v) is 6.71. The van der Waals surface area contributed by atoms with Gasteiger partial charge in [0.2, 0.25) is 0 Å². The average Bonchev–Trinajstić information content (AvgIpc) is 3.13. The molecule has 0 N–H and O–H groups in total. The Morgan fingerprint density at radius 2 is 1.06 bits per heavy atom. The van der Waals surface area contributed by atoms with Crippen LogP contribution in [0.15, 0.2) is 88.7 Å². The molecular weight excluding hydrogens is 414 g/mol. The molecule has 0 aliphatic carbocycles. The van der Waals surface area contributed by atoms with Gasteiger partial charge in [-0.3, -0.25) is 9.97 Å². The summed E-state index contributed by atoms with van der Waals surface area (Å²) in [7, 11) is 0. The molecule has 0 spiro atoms. The Hall–Kier alpha value is -4.78. The van der Waals surface area contributed by atoms with Crippen LogP contribution < -0.4 is 11.4 Å². The third kappa shape index (κ3) is 1.83. The molecule has 4 aromatic carbocycles. The quantitative estimate of drug-likeness (QED) is 0.293. The van der Waals surface area contributed by atoms with Gasteiger partial charge in [-0.2, -0.15) is 9.03 Å². The summed E-state index contributed by atoms with van der Waals surface area (Å²) in [4.78, 5) is 36.8. The summed E-state index contributed by atoms with van der Waals surface area (Å²) < 4.78 is 4.19. The first-order chi connectivity index (χ1) is 16.2. The number of para-hydroxylation sites is 1. The van der Waals surface area contributed by atoms with E-state index in [-0.39, 0.29) is 0 Å². The van der Waals surface area contributed by atoms with Gasteiger partial charge in [0.25, 0.3) is 0 Å². The van der Waals surface area contributed by atoms with Gasteiger partial charge in [-0.1, -0.05) is 30.3 Å². The lowest BCUT2D eigenvalue weighted by Gasteiger charge is -2.17. The highest BCUT2D eigenvalue weighted by Crippen LogP contribution is 2.42. The van der Waals surface area contributed by atoms with Crippen molar-refractivity contribution in [3.8, 4) is 5.69 Å². The van der Waals surface area contributed by atoms with Crippen LogP contribution in [0.2, 0.25) is 0 Å². The van der Waals surface area contributed by atoms with E-state index < -0.39 is 11.4 Å². The highest BCUT2D eigenvalue weighted by molar-refractivity contribution is 6.37. The topological polar surface area (TPSA) is 73.7 Å². The summed E-state index contributed by atoms with van der Waals surface area (Å²) in [6.07, 6.45) is 3.58. The van der Waals surface area contributed by atoms with Crippen molar-refractivity contribution in [1.29, 1.82) is 0 Å². The minimum absolute atomic E-state index is 0.407. The lowest BCUT2D eigenvalue weighted by Crippen LogP contribution is -2.25. The molecule has 8 rings (SSSR count). The molecule has 154 valence electrons. The van der Waals surface area contributed by atoms with Gasteiger partial charge >= 0.3 is 11.4 Å². The summed E-state index contributed by atoms with van der Waals surface area (Å²) in [6, 6.07) is 20.7. The van der Waals surface area contributed by atoms with E-state index in [4.69, 9.17) is 0 Å². The van der Waals surface area contributed by atoms with Crippen LogP contribution in [0.5, 0.6) is 0 Å². The number of pyridine rings is 2. The van der Waals surface area contributed by atoms with Gasteiger partial charge in [-0.05, 0) is 47.2 Å². The van der Waals surface area contributed by atoms with E-state index in [9.17, 15) is 9.59 Å². The predicted octanol–water partition coefficient (Wildman–Crippen LogP) is 3.98.